The zero-order chi connectivity index (χ0) is 12.5. The van der Waals surface area contributed by atoms with Crippen molar-refractivity contribution in [3.05, 3.63) is 0 Å². The number of alkyl carbamates (subject to hydrolysis) is 1. The van der Waals surface area contributed by atoms with Crippen LogP contribution in [0.3, 0.4) is 0 Å². The maximum Gasteiger partial charge on any atom is 0.407 e. The molecule has 2 rings (SSSR count). The molecule has 4 heteroatoms. The number of nitrogens with one attached hydrogen (secondary N) is 2. The molecule has 4 nitrogen and oxygen atoms in total. The molecule has 2 fully saturated rings. The van der Waals surface area contributed by atoms with Gasteiger partial charge in [0.1, 0.15) is 5.60 Å². The number of carbonyl (C=O) groups is 1. The zero-order valence-corrected chi connectivity index (χ0v) is 11.1. The van der Waals surface area contributed by atoms with E-state index in [1.807, 2.05) is 20.8 Å². The number of carbonyl (C=O) groups excluding carboxylic acids is 1. The van der Waals surface area contributed by atoms with Crippen molar-refractivity contribution in [1.82, 2.24) is 10.6 Å². The summed E-state index contributed by atoms with van der Waals surface area (Å²) in [7, 11) is 0. The van der Waals surface area contributed by atoms with Crippen LogP contribution < -0.4 is 10.6 Å². The SMILES string of the molecule is CC(C)(C)OC(=O)NC1CCCC2(CCN2)C1. The van der Waals surface area contributed by atoms with E-state index in [-0.39, 0.29) is 12.1 Å². The lowest BCUT2D eigenvalue weighted by molar-refractivity contribution is 0.0447. The van der Waals surface area contributed by atoms with Gasteiger partial charge in [-0.25, -0.2) is 4.79 Å². The third-order valence-electron chi connectivity index (χ3n) is 3.67. The van der Waals surface area contributed by atoms with E-state index in [0.29, 0.717) is 5.54 Å². The molecule has 0 radical (unpaired) electrons. The van der Waals surface area contributed by atoms with Crippen LogP contribution in [-0.4, -0.2) is 29.8 Å². The summed E-state index contributed by atoms with van der Waals surface area (Å²) < 4.78 is 5.29. The zero-order valence-electron chi connectivity index (χ0n) is 11.1. The fraction of sp³-hybridized carbons (Fsp3) is 0.923. The van der Waals surface area contributed by atoms with Crippen molar-refractivity contribution in [1.29, 1.82) is 0 Å². The number of amides is 1. The van der Waals surface area contributed by atoms with Crippen LogP contribution in [0, 0.1) is 0 Å². The standard InChI is InChI=1S/C13H24N2O2/c1-12(2,3)17-11(16)15-10-5-4-6-13(9-10)7-8-14-13/h10,14H,4-9H2,1-3H3,(H,15,16). The first-order valence-corrected chi connectivity index (χ1v) is 6.63. The molecular formula is C13H24N2O2. The fourth-order valence-electron chi connectivity index (χ4n) is 2.83. The topological polar surface area (TPSA) is 50.4 Å². The quantitative estimate of drug-likeness (QED) is 0.738. The summed E-state index contributed by atoms with van der Waals surface area (Å²) in [5.41, 5.74) is -0.0942. The highest BCUT2D eigenvalue weighted by molar-refractivity contribution is 5.68. The summed E-state index contributed by atoms with van der Waals surface area (Å²) in [6, 6.07) is 0.270. The van der Waals surface area contributed by atoms with Crippen molar-refractivity contribution in [2.75, 3.05) is 6.54 Å². The predicted octanol–water partition coefficient (Wildman–Crippen LogP) is 2.19. The molecule has 1 heterocycles. The summed E-state index contributed by atoms with van der Waals surface area (Å²) in [6.07, 6.45) is 5.53. The Balaban J connectivity index is 1.80. The Hall–Kier alpha value is -0.770. The second-order valence-corrected chi connectivity index (χ2v) is 6.40. The van der Waals surface area contributed by atoms with Gasteiger partial charge in [-0.05, 0) is 59.4 Å². The summed E-state index contributed by atoms with van der Waals surface area (Å²) >= 11 is 0. The lowest BCUT2D eigenvalue weighted by Gasteiger charge is -2.48. The number of rotatable bonds is 1. The van der Waals surface area contributed by atoms with Gasteiger partial charge in [0.05, 0.1) is 0 Å². The molecule has 0 aromatic heterocycles. The molecule has 1 spiro atoms. The van der Waals surface area contributed by atoms with Gasteiger partial charge in [0.25, 0.3) is 0 Å². The van der Waals surface area contributed by atoms with Crippen LogP contribution in [0.1, 0.15) is 52.9 Å². The van der Waals surface area contributed by atoms with E-state index in [1.165, 1.54) is 19.3 Å². The molecule has 0 aromatic rings. The third-order valence-corrected chi connectivity index (χ3v) is 3.67. The maximum atomic E-state index is 11.7. The van der Waals surface area contributed by atoms with Crippen LogP contribution in [0.4, 0.5) is 4.79 Å². The maximum absolute atomic E-state index is 11.7. The molecule has 17 heavy (non-hydrogen) atoms. The normalized spacial score (nSPS) is 33.0. The monoisotopic (exact) mass is 240 g/mol. The Morgan fingerprint density at radius 3 is 2.65 bits per heavy atom. The predicted molar refractivity (Wildman–Crippen MR) is 67.0 cm³/mol. The first-order chi connectivity index (χ1) is 7.89. The molecular weight excluding hydrogens is 216 g/mol. The van der Waals surface area contributed by atoms with Gasteiger partial charge in [0.2, 0.25) is 0 Å². The van der Waals surface area contributed by atoms with E-state index < -0.39 is 5.60 Å². The average molecular weight is 240 g/mol. The van der Waals surface area contributed by atoms with Gasteiger partial charge in [-0.15, -0.1) is 0 Å². The highest BCUT2D eigenvalue weighted by Crippen LogP contribution is 2.35. The molecule has 2 N–H and O–H groups in total. The van der Waals surface area contributed by atoms with E-state index in [1.54, 1.807) is 0 Å². The Bertz CT molecular complexity index is 292. The second kappa shape index (κ2) is 4.48. The van der Waals surface area contributed by atoms with Crippen LogP contribution >= 0.6 is 0 Å². The Morgan fingerprint density at radius 1 is 1.41 bits per heavy atom. The molecule has 1 aliphatic carbocycles. The first kappa shape index (κ1) is 12.7. The van der Waals surface area contributed by atoms with Gasteiger partial charge in [0.15, 0.2) is 0 Å². The van der Waals surface area contributed by atoms with E-state index in [9.17, 15) is 4.79 Å². The van der Waals surface area contributed by atoms with Crippen LogP contribution in [0.5, 0.6) is 0 Å². The minimum Gasteiger partial charge on any atom is -0.444 e. The van der Waals surface area contributed by atoms with Gasteiger partial charge < -0.3 is 15.4 Å². The second-order valence-electron chi connectivity index (χ2n) is 6.40. The Kier molecular flexibility index (Phi) is 3.34. The highest BCUT2D eigenvalue weighted by Gasteiger charge is 2.41. The van der Waals surface area contributed by atoms with Crippen molar-refractivity contribution >= 4 is 6.09 Å². The number of hydrogen-bond donors (Lipinski definition) is 2. The lowest BCUT2D eigenvalue weighted by atomic mass is 9.73. The minimum absolute atomic E-state index is 0.270. The molecule has 1 saturated carbocycles. The van der Waals surface area contributed by atoms with Crippen molar-refractivity contribution in [2.45, 2.75) is 70.1 Å². The summed E-state index contributed by atoms with van der Waals surface area (Å²) in [6.45, 7) is 6.80. The summed E-state index contributed by atoms with van der Waals surface area (Å²) in [5, 5.41) is 6.52. The van der Waals surface area contributed by atoms with Crippen molar-refractivity contribution in [2.24, 2.45) is 0 Å². The molecule has 1 aliphatic heterocycles. The molecule has 0 aromatic carbocycles. The molecule has 0 bridgehead atoms. The molecule has 1 amide bonds. The first-order valence-electron chi connectivity index (χ1n) is 6.63. The van der Waals surface area contributed by atoms with Crippen LogP contribution in [-0.2, 0) is 4.74 Å². The van der Waals surface area contributed by atoms with Gasteiger partial charge in [-0.3, -0.25) is 0 Å². The van der Waals surface area contributed by atoms with Crippen LogP contribution in [0.25, 0.3) is 0 Å². The van der Waals surface area contributed by atoms with Crippen molar-refractivity contribution in [3.63, 3.8) is 0 Å². The summed E-state index contributed by atoms with van der Waals surface area (Å²) in [5.74, 6) is 0. The molecule has 98 valence electrons. The fourth-order valence-corrected chi connectivity index (χ4v) is 2.83. The van der Waals surface area contributed by atoms with Gasteiger partial charge in [-0.1, -0.05) is 0 Å². The average Bonchev–Trinajstić information content (AvgIpc) is 2.12. The number of hydrogen-bond acceptors (Lipinski definition) is 3. The van der Waals surface area contributed by atoms with E-state index in [0.717, 1.165) is 19.4 Å². The van der Waals surface area contributed by atoms with Gasteiger partial charge in [-0.2, -0.15) is 0 Å². The van der Waals surface area contributed by atoms with Crippen LogP contribution in [0.15, 0.2) is 0 Å². The summed E-state index contributed by atoms with van der Waals surface area (Å²) in [4.78, 5) is 11.7. The largest absolute Gasteiger partial charge is 0.444 e. The van der Waals surface area contributed by atoms with Crippen molar-refractivity contribution in [3.8, 4) is 0 Å². The highest BCUT2D eigenvalue weighted by atomic mass is 16.6. The molecule has 2 aliphatic rings. The molecule has 2 atom stereocenters. The van der Waals surface area contributed by atoms with E-state index in [2.05, 4.69) is 10.6 Å². The third kappa shape index (κ3) is 3.35. The van der Waals surface area contributed by atoms with Gasteiger partial charge in [0, 0.05) is 11.6 Å². The molecule has 1 saturated heterocycles. The smallest absolute Gasteiger partial charge is 0.407 e. The van der Waals surface area contributed by atoms with E-state index >= 15 is 0 Å². The van der Waals surface area contributed by atoms with E-state index in [4.69, 9.17) is 4.74 Å². The Morgan fingerprint density at radius 2 is 2.12 bits per heavy atom. The Labute approximate surface area is 103 Å². The van der Waals surface area contributed by atoms with Gasteiger partial charge >= 0.3 is 6.09 Å². The van der Waals surface area contributed by atoms with Crippen LogP contribution in [0.2, 0.25) is 0 Å². The molecule has 2 unspecified atom stereocenters. The lowest BCUT2D eigenvalue weighted by Crippen LogP contribution is -2.61. The van der Waals surface area contributed by atoms with Crippen molar-refractivity contribution < 1.29 is 9.53 Å². The minimum atomic E-state index is -0.412. The number of ether oxygens (including phenoxy) is 1.